The Hall–Kier alpha value is -2.51. The molecule has 4 rings (SSSR count). The average molecular weight is 453 g/mol. The summed E-state index contributed by atoms with van der Waals surface area (Å²) in [4.78, 5) is 14.4. The van der Waals surface area contributed by atoms with Crippen LogP contribution in [0, 0.1) is 0 Å². The molecule has 0 bridgehead atoms. The van der Waals surface area contributed by atoms with Gasteiger partial charge in [0.25, 0.3) is 0 Å². The number of piperidine rings is 1. The molecule has 3 aromatic rings. The Morgan fingerprint density at radius 3 is 2.61 bits per heavy atom. The fourth-order valence-corrected chi connectivity index (χ4v) is 4.56. The van der Waals surface area contributed by atoms with Gasteiger partial charge in [0.1, 0.15) is 12.3 Å². The van der Waals surface area contributed by atoms with Crippen molar-refractivity contribution in [3.63, 3.8) is 0 Å². The number of phenolic OH excluding ortho intramolecular Hbond substituents is 1. The standard InChI is InChI=1S/C23H21ClF3NO3/c1-13-6-4-5-11-28(13)12-16-18(29)10-9-15-20(30)19(14-7-2-3-8-17(14)24)22(23(25,26)27)31-21(15)16/h2-3,7-10,13,29H,4-6,11-12H2,1H3/p+1/t13-/m1/s1. The Morgan fingerprint density at radius 1 is 1.19 bits per heavy atom. The summed E-state index contributed by atoms with van der Waals surface area (Å²) in [5, 5.41) is 10.5. The first kappa shape index (κ1) is 21.7. The quantitative estimate of drug-likeness (QED) is 0.600. The van der Waals surface area contributed by atoms with Crippen molar-refractivity contribution in [3.8, 4) is 16.9 Å². The maximum absolute atomic E-state index is 14.0. The fourth-order valence-electron chi connectivity index (χ4n) is 4.33. The first-order valence-corrected chi connectivity index (χ1v) is 10.5. The number of alkyl halides is 3. The predicted molar refractivity (Wildman–Crippen MR) is 112 cm³/mol. The van der Waals surface area contributed by atoms with Crippen LogP contribution in [0.3, 0.4) is 0 Å². The van der Waals surface area contributed by atoms with Crippen molar-refractivity contribution in [1.29, 1.82) is 0 Å². The van der Waals surface area contributed by atoms with E-state index in [4.69, 9.17) is 16.0 Å². The van der Waals surface area contributed by atoms with Gasteiger partial charge >= 0.3 is 6.18 Å². The minimum Gasteiger partial charge on any atom is -0.507 e. The lowest BCUT2D eigenvalue weighted by molar-refractivity contribution is -0.941. The van der Waals surface area contributed by atoms with E-state index in [9.17, 15) is 23.1 Å². The van der Waals surface area contributed by atoms with Crippen LogP contribution in [-0.2, 0) is 12.7 Å². The van der Waals surface area contributed by atoms with E-state index in [2.05, 4.69) is 6.92 Å². The number of aromatic hydroxyl groups is 1. The third-order valence-corrected chi connectivity index (χ3v) is 6.35. The summed E-state index contributed by atoms with van der Waals surface area (Å²) in [5.41, 5.74) is -1.50. The first-order valence-electron chi connectivity index (χ1n) is 10.2. The van der Waals surface area contributed by atoms with Gasteiger partial charge in [0, 0.05) is 10.6 Å². The van der Waals surface area contributed by atoms with Gasteiger partial charge < -0.3 is 14.4 Å². The van der Waals surface area contributed by atoms with Crippen molar-refractivity contribution in [2.75, 3.05) is 6.54 Å². The Balaban J connectivity index is 1.99. The van der Waals surface area contributed by atoms with Crippen molar-refractivity contribution < 1.29 is 27.6 Å². The molecule has 1 aliphatic rings. The largest absolute Gasteiger partial charge is 0.507 e. The number of nitrogens with one attached hydrogen (secondary N) is 1. The molecule has 2 atom stereocenters. The average Bonchev–Trinajstić information content (AvgIpc) is 2.71. The molecule has 0 spiro atoms. The zero-order chi connectivity index (χ0) is 22.3. The van der Waals surface area contributed by atoms with E-state index in [1.54, 1.807) is 6.07 Å². The molecular formula is C23H22ClF3NO3+. The number of quaternary nitrogens is 1. The molecule has 0 saturated carbocycles. The van der Waals surface area contributed by atoms with Gasteiger partial charge in [-0.25, -0.2) is 0 Å². The number of phenols is 1. The zero-order valence-electron chi connectivity index (χ0n) is 16.9. The summed E-state index contributed by atoms with van der Waals surface area (Å²) in [5.74, 6) is -1.59. The number of rotatable bonds is 3. The molecule has 1 saturated heterocycles. The number of halogens is 4. The van der Waals surface area contributed by atoms with Gasteiger partial charge in [-0.15, -0.1) is 0 Å². The summed E-state index contributed by atoms with van der Waals surface area (Å²) in [7, 11) is 0. The summed E-state index contributed by atoms with van der Waals surface area (Å²) < 4.78 is 47.3. The molecule has 0 aliphatic carbocycles. The molecule has 2 heterocycles. The maximum Gasteiger partial charge on any atom is 0.450 e. The molecule has 1 aromatic heterocycles. The molecule has 31 heavy (non-hydrogen) atoms. The normalized spacial score (nSPS) is 19.6. The van der Waals surface area contributed by atoms with E-state index in [-0.39, 0.29) is 39.4 Å². The number of fused-ring (bicyclic) bond motifs is 1. The van der Waals surface area contributed by atoms with E-state index in [0.29, 0.717) is 6.04 Å². The molecule has 8 heteroatoms. The lowest BCUT2D eigenvalue weighted by Crippen LogP contribution is -3.14. The molecule has 1 fully saturated rings. The van der Waals surface area contributed by atoms with Crippen molar-refractivity contribution in [2.24, 2.45) is 0 Å². The van der Waals surface area contributed by atoms with Gasteiger partial charge in [-0.1, -0.05) is 29.8 Å². The smallest absolute Gasteiger partial charge is 0.450 e. The number of likely N-dealkylation sites (tertiary alicyclic amines) is 1. The van der Waals surface area contributed by atoms with E-state index >= 15 is 0 Å². The molecule has 0 amide bonds. The van der Waals surface area contributed by atoms with Gasteiger partial charge in [-0.05, 0) is 44.4 Å². The summed E-state index contributed by atoms with van der Waals surface area (Å²) in [6, 6.07) is 8.79. The van der Waals surface area contributed by atoms with Crippen LogP contribution in [0.25, 0.3) is 22.1 Å². The van der Waals surface area contributed by atoms with Crippen molar-refractivity contribution in [2.45, 2.75) is 44.9 Å². The second-order valence-corrected chi connectivity index (χ2v) is 8.44. The zero-order valence-corrected chi connectivity index (χ0v) is 17.6. The third-order valence-electron chi connectivity index (χ3n) is 6.03. The van der Waals surface area contributed by atoms with Crippen molar-refractivity contribution in [1.82, 2.24) is 0 Å². The molecule has 0 radical (unpaired) electrons. The summed E-state index contributed by atoms with van der Waals surface area (Å²) >= 11 is 6.11. The Bertz CT molecular complexity index is 1190. The van der Waals surface area contributed by atoms with Gasteiger partial charge in [-0.2, -0.15) is 13.2 Å². The minimum absolute atomic E-state index is 0.0141. The van der Waals surface area contributed by atoms with Gasteiger partial charge in [0.15, 0.2) is 5.58 Å². The highest BCUT2D eigenvalue weighted by molar-refractivity contribution is 6.33. The predicted octanol–water partition coefficient (Wildman–Crippen LogP) is 4.80. The topological polar surface area (TPSA) is 54.9 Å². The van der Waals surface area contributed by atoms with Crippen LogP contribution in [0.1, 0.15) is 37.5 Å². The SMILES string of the molecule is C[C@@H]1CCCC[NH+]1Cc1c(O)ccc2c(=O)c(-c3ccccc3Cl)c(C(F)(F)F)oc12. The summed E-state index contributed by atoms with van der Waals surface area (Å²) in [6.45, 7) is 3.19. The maximum atomic E-state index is 14.0. The lowest BCUT2D eigenvalue weighted by Gasteiger charge is -2.30. The molecule has 1 aliphatic heterocycles. The Morgan fingerprint density at radius 2 is 1.94 bits per heavy atom. The fraction of sp³-hybridized carbons (Fsp3) is 0.348. The second-order valence-electron chi connectivity index (χ2n) is 8.03. The third kappa shape index (κ3) is 4.04. The van der Waals surface area contributed by atoms with Crippen molar-refractivity contribution in [3.05, 3.63) is 63.0 Å². The van der Waals surface area contributed by atoms with E-state index in [0.717, 1.165) is 30.7 Å². The molecule has 4 nitrogen and oxygen atoms in total. The number of hydrogen-bond acceptors (Lipinski definition) is 3. The van der Waals surface area contributed by atoms with Crippen molar-refractivity contribution >= 4 is 22.6 Å². The second kappa shape index (κ2) is 8.20. The van der Waals surface area contributed by atoms with Crippen LogP contribution in [0.4, 0.5) is 13.2 Å². The minimum atomic E-state index is -4.92. The van der Waals surface area contributed by atoms with Gasteiger partial charge in [-0.3, -0.25) is 4.79 Å². The number of benzene rings is 2. The van der Waals surface area contributed by atoms with Crippen LogP contribution >= 0.6 is 11.6 Å². The monoisotopic (exact) mass is 452 g/mol. The first-order chi connectivity index (χ1) is 14.7. The molecule has 2 N–H and O–H groups in total. The molecular weight excluding hydrogens is 431 g/mol. The van der Waals surface area contributed by atoms with Crippen LogP contribution < -0.4 is 10.3 Å². The molecule has 1 unspecified atom stereocenters. The van der Waals surface area contributed by atoms with Crippen LogP contribution in [-0.4, -0.2) is 17.7 Å². The molecule has 2 aromatic carbocycles. The van der Waals surface area contributed by atoms with E-state index in [1.807, 2.05) is 0 Å². The Labute approximate surface area is 181 Å². The lowest BCUT2D eigenvalue weighted by atomic mass is 9.99. The molecule has 164 valence electrons. The van der Waals surface area contributed by atoms with Crippen LogP contribution in [0.5, 0.6) is 5.75 Å². The van der Waals surface area contributed by atoms with Gasteiger partial charge in [0.05, 0.1) is 29.1 Å². The van der Waals surface area contributed by atoms with E-state index in [1.165, 1.54) is 30.3 Å². The highest BCUT2D eigenvalue weighted by Gasteiger charge is 2.40. The van der Waals surface area contributed by atoms with Gasteiger partial charge in [0.2, 0.25) is 11.2 Å². The van der Waals surface area contributed by atoms with Crippen LogP contribution in [0.15, 0.2) is 45.6 Å². The van der Waals surface area contributed by atoms with Crippen LogP contribution in [0.2, 0.25) is 5.02 Å². The Kier molecular flexibility index (Phi) is 5.75. The summed E-state index contributed by atoms with van der Waals surface area (Å²) in [6.07, 6.45) is -1.83. The highest BCUT2D eigenvalue weighted by Crippen LogP contribution is 2.40. The number of hydrogen-bond donors (Lipinski definition) is 2. The highest BCUT2D eigenvalue weighted by atomic mass is 35.5. The van der Waals surface area contributed by atoms with E-state index < -0.39 is 22.9 Å².